The van der Waals surface area contributed by atoms with Gasteiger partial charge < -0.3 is 15.3 Å². The Hall–Kier alpha value is -3.55. The summed E-state index contributed by atoms with van der Waals surface area (Å²) in [4.78, 5) is 24.9. The number of nitrogens with zero attached hydrogens (tertiary/aromatic N) is 1. The van der Waals surface area contributed by atoms with Crippen LogP contribution >= 0.6 is 23.2 Å². The molecule has 0 radical (unpaired) electrons. The first-order chi connectivity index (χ1) is 14.3. The monoisotopic (exact) mass is 444 g/mol. The van der Waals surface area contributed by atoms with Gasteiger partial charge in [0.15, 0.2) is 23.0 Å². The third-order valence-electron chi connectivity index (χ3n) is 4.09. The number of halogens is 2. The second-order valence-electron chi connectivity index (χ2n) is 6.08. The zero-order valence-corrected chi connectivity index (χ0v) is 16.6. The first-order valence-corrected chi connectivity index (χ1v) is 9.21. The van der Waals surface area contributed by atoms with Gasteiger partial charge in [-0.3, -0.25) is 9.59 Å². The standard InChI is InChI=1S/C21H14Cl2N2O5/c22-14-7-6-12(18(23)17(14)19(28)11-4-2-1-3-5-11)10-24-25-21(30)13-8-15(26)20(29)16(27)9-13/h1-10,26-27,29H,(H,25,30)/b24-10+. The van der Waals surface area contributed by atoms with E-state index in [9.17, 15) is 24.9 Å². The number of phenols is 3. The van der Waals surface area contributed by atoms with Gasteiger partial charge in [-0.15, -0.1) is 0 Å². The fraction of sp³-hybridized carbons (Fsp3) is 0. The second kappa shape index (κ2) is 8.86. The molecule has 0 aliphatic carbocycles. The van der Waals surface area contributed by atoms with Crippen LogP contribution in [0.5, 0.6) is 17.2 Å². The van der Waals surface area contributed by atoms with Crippen molar-refractivity contribution >= 4 is 41.1 Å². The van der Waals surface area contributed by atoms with Crippen LogP contribution in [0, 0.1) is 0 Å². The molecule has 0 heterocycles. The van der Waals surface area contributed by atoms with Crippen LogP contribution in [-0.2, 0) is 0 Å². The third-order valence-corrected chi connectivity index (χ3v) is 4.81. The number of hydrogen-bond donors (Lipinski definition) is 4. The van der Waals surface area contributed by atoms with Crippen molar-refractivity contribution in [3.8, 4) is 17.2 Å². The molecule has 152 valence electrons. The number of hydrazone groups is 1. The molecule has 7 nitrogen and oxygen atoms in total. The average molecular weight is 445 g/mol. The first kappa shape index (κ1) is 21.2. The lowest BCUT2D eigenvalue weighted by atomic mass is 10.0. The molecule has 4 N–H and O–H groups in total. The van der Waals surface area contributed by atoms with Crippen LogP contribution in [0.4, 0.5) is 0 Å². The first-order valence-electron chi connectivity index (χ1n) is 8.45. The van der Waals surface area contributed by atoms with Gasteiger partial charge in [0, 0.05) is 16.7 Å². The third kappa shape index (κ3) is 4.37. The topological polar surface area (TPSA) is 119 Å². The summed E-state index contributed by atoms with van der Waals surface area (Å²) in [5, 5.41) is 32.3. The number of hydrogen-bond acceptors (Lipinski definition) is 6. The van der Waals surface area contributed by atoms with Crippen LogP contribution in [0.1, 0.15) is 31.8 Å². The molecule has 9 heteroatoms. The molecule has 0 aliphatic rings. The van der Waals surface area contributed by atoms with Gasteiger partial charge in [0.25, 0.3) is 5.91 Å². The molecule has 0 fully saturated rings. The molecule has 3 aromatic carbocycles. The van der Waals surface area contributed by atoms with Gasteiger partial charge in [0.05, 0.1) is 21.8 Å². The Labute approximate surface area is 180 Å². The zero-order valence-electron chi connectivity index (χ0n) is 15.1. The summed E-state index contributed by atoms with van der Waals surface area (Å²) in [6.45, 7) is 0. The molecule has 0 aromatic heterocycles. The normalized spacial score (nSPS) is 10.9. The quantitative estimate of drug-likeness (QED) is 0.204. The molecule has 0 bridgehead atoms. The summed E-state index contributed by atoms with van der Waals surface area (Å²) in [6.07, 6.45) is 1.22. The summed E-state index contributed by atoms with van der Waals surface area (Å²) >= 11 is 12.5. The Morgan fingerprint density at radius 1 is 0.900 bits per heavy atom. The molecule has 1 amide bonds. The minimum absolute atomic E-state index is 0.0641. The highest BCUT2D eigenvalue weighted by Gasteiger charge is 2.19. The second-order valence-corrected chi connectivity index (χ2v) is 6.87. The van der Waals surface area contributed by atoms with E-state index in [1.54, 1.807) is 30.3 Å². The summed E-state index contributed by atoms with van der Waals surface area (Å²) in [5.74, 6) is -3.18. The van der Waals surface area contributed by atoms with Crippen molar-refractivity contribution in [3.63, 3.8) is 0 Å². The van der Waals surface area contributed by atoms with E-state index in [-0.39, 0.29) is 27.0 Å². The van der Waals surface area contributed by atoms with Crippen LogP contribution in [0.25, 0.3) is 0 Å². The zero-order chi connectivity index (χ0) is 21.8. The molecular formula is C21H14Cl2N2O5. The lowest BCUT2D eigenvalue weighted by Gasteiger charge is -2.09. The van der Waals surface area contributed by atoms with Crippen molar-refractivity contribution < 1.29 is 24.9 Å². The van der Waals surface area contributed by atoms with Gasteiger partial charge in [0.2, 0.25) is 0 Å². The number of carbonyl (C=O) groups excluding carboxylic acids is 2. The summed E-state index contributed by atoms with van der Waals surface area (Å²) < 4.78 is 0. The number of benzene rings is 3. The summed E-state index contributed by atoms with van der Waals surface area (Å²) in [5.41, 5.74) is 2.90. The molecule has 30 heavy (non-hydrogen) atoms. The maximum Gasteiger partial charge on any atom is 0.271 e. The SMILES string of the molecule is O=C(N/N=C/c1ccc(Cl)c(C(=O)c2ccccc2)c1Cl)c1cc(O)c(O)c(O)c1. The van der Waals surface area contributed by atoms with Crippen LogP contribution in [0.15, 0.2) is 59.7 Å². The fourth-order valence-electron chi connectivity index (χ4n) is 2.57. The maximum absolute atomic E-state index is 12.7. The lowest BCUT2D eigenvalue weighted by molar-refractivity contribution is 0.0953. The van der Waals surface area contributed by atoms with E-state index in [0.29, 0.717) is 11.1 Å². The van der Waals surface area contributed by atoms with E-state index in [0.717, 1.165) is 12.1 Å². The lowest BCUT2D eigenvalue weighted by Crippen LogP contribution is -2.17. The summed E-state index contributed by atoms with van der Waals surface area (Å²) in [7, 11) is 0. The molecular weight excluding hydrogens is 431 g/mol. The van der Waals surface area contributed by atoms with Crippen molar-refractivity contribution in [2.45, 2.75) is 0 Å². The highest BCUT2D eigenvalue weighted by molar-refractivity contribution is 6.42. The minimum Gasteiger partial charge on any atom is -0.504 e. The molecule has 3 aromatic rings. The average Bonchev–Trinajstić information content (AvgIpc) is 2.73. The number of aromatic hydroxyl groups is 3. The van der Waals surface area contributed by atoms with Crippen LogP contribution in [0.2, 0.25) is 10.0 Å². The molecule has 0 aliphatic heterocycles. The highest BCUT2D eigenvalue weighted by atomic mass is 35.5. The predicted octanol–water partition coefficient (Wildman–Crippen LogP) is 4.11. The van der Waals surface area contributed by atoms with E-state index in [2.05, 4.69) is 10.5 Å². The molecule has 3 rings (SSSR count). The maximum atomic E-state index is 12.7. The highest BCUT2D eigenvalue weighted by Crippen LogP contribution is 2.35. The summed E-state index contributed by atoms with van der Waals surface area (Å²) in [6, 6.07) is 13.4. The predicted molar refractivity (Wildman–Crippen MR) is 113 cm³/mol. The number of rotatable bonds is 5. The van der Waals surface area contributed by atoms with Gasteiger partial charge in [-0.25, -0.2) is 5.43 Å². The number of nitrogens with one attached hydrogen (secondary N) is 1. The van der Waals surface area contributed by atoms with Crippen LogP contribution in [0.3, 0.4) is 0 Å². The van der Waals surface area contributed by atoms with Crippen molar-refractivity contribution in [2.75, 3.05) is 0 Å². The van der Waals surface area contributed by atoms with Crippen LogP contribution < -0.4 is 5.43 Å². The van der Waals surface area contributed by atoms with E-state index < -0.39 is 23.2 Å². The number of amides is 1. The molecule has 0 atom stereocenters. The van der Waals surface area contributed by atoms with Crippen molar-refractivity contribution in [3.05, 3.63) is 86.9 Å². The Morgan fingerprint density at radius 2 is 1.53 bits per heavy atom. The Balaban J connectivity index is 1.83. The number of carbonyl (C=O) groups is 2. The Bertz CT molecular complexity index is 1140. The van der Waals surface area contributed by atoms with E-state index in [4.69, 9.17) is 23.2 Å². The minimum atomic E-state index is -0.762. The van der Waals surface area contributed by atoms with Gasteiger partial charge in [-0.2, -0.15) is 5.10 Å². The molecule has 0 saturated heterocycles. The van der Waals surface area contributed by atoms with E-state index >= 15 is 0 Å². The van der Waals surface area contributed by atoms with Gasteiger partial charge in [-0.05, 0) is 18.2 Å². The van der Waals surface area contributed by atoms with Gasteiger partial charge >= 0.3 is 0 Å². The van der Waals surface area contributed by atoms with E-state index in [1.165, 1.54) is 18.3 Å². The van der Waals surface area contributed by atoms with Gasteiger partial charge in [0.1, 0.15) is 0 Å². The van der Waals surface area contributed by atoms with Gasteiger partial charge in [-0.1, -0.05) is 59.6 Å². The van der Waals surface area contributed by atoms with Crippen molar-refractivity contribution in [2.24, 2.45) is 5.10 Å². The van der Waals surface area contributed by atoms with Crippen molar-refractivity contribution in [1.82, 2.24) is 5.43 Å². The number of ketones is 1. The molecule has 0 unspecified atom stereocenters. The van der Waals surface area contributed by atoms with Crippen molar-refractivity contribution in [1.29, 1.82) is 0 Å². The van der Waals surface area contributed by atoms with Crippen LogP contribution in [-0.4, -0.2) is 33.2 Å². The Morgan fingerprint density at radius 3 is 2.17 bits per heavy atom. The fourth-order valence-corrected chi connectivity index (χ4v) is 3.16. The molecule has 0 spiro atoms. The Kier molecular flexibility index (Phi) is 6.25. The number of phenolic OH excluding ortho intramolecular Hbond substituents is 3. The smallest absolute Gasteiger partial charge is 0.271 e. The van der Waals surface area contributed by atoms with E-state index in [1.807, 2.05) is 0 Å². The largest absolute Gasteiger partial charge is 0.504 e. The molecule has 0 saturated carbocycles.